The number of fused-ring (bicyclic) bond motifs is 5. The second-order valence-electron chi connectivity index (χ2n) is 18.8. The molecule has 5 heterocycles. The molecule has 0 bridgehead atoms. The number of hydrogen-bond donors (Lipinski definition) is 2. The fraction of sp³-hybridized carbons (Fsp3) is 0.490. The number of rotatable bonds is 6. The number of hydrogen-bond acceptors (Lipinski definition) is 8. The maximum atomic E-state index is 14.2. The van der Waals surface area contributed by atoms with E-state index in [1.54, 1.807) is 11.0 Å². The second-order valence-corrected chi connectivity index (χ2v) is 18.8. The number of benzene rings is 3. The Labute approximate surface area is 351 Å². The number of anilines is 1. The Morgan fingerprint density at radius 1 is 0.883 bits per heavy atom. The molecule has 1 unspecified atom stereocenters. The monoisotopic (exact) mass is 806 g/mol. The summed E-state index contributed by atoms with van der Waals surface area (Å²) in [6.07, 6.45) is 10.5. The van der Waals surface area contributed by atoms with E-state index < -0.39 is 17.4 Å². The molecule has 1 spiro atoms. The van der Waals surface area contributed by atoms with Crippen molar-refractivity contribution in [3.63, 3.8) is 0 Å². The van der Waals surface area contributed by atoms with Crippen molar-refractivity contribution < 1.29 is 23.9 Å². The first-order chi connectivity index (χ1) is 29.0. The zero-order chi connectivity index (χ0) is 41.5. The number of piperidine rings is 3. The van der Waals surface area contributed by atoms with Gasteiger partial charge in [-0.05, 0) is 130 Å². The smallest absolute Gasteiger partial charge is 0.255 e. The summed E-state index contributed by atoms with van der Waals surface area (Å²) in [5, 5.41) is 12.8. The third kappa shape index (κ3) is 6.32. The van der Waals surface area contributed by atoms with Crippen LogP contribution in [0.15, 0.2) is 48.5 Å². The molecule has 1 saturated carbocycles. The van der Waals surface area contributed by atoms with Gasteiger partial charge in [0.2, 0.25) is 11.8 Å². The Balaban J connectivity index is 0.752. The van der Waals surface area contributed by atoms with Gasteiger partial charge in [-0.1, -0.05) is 32.9 Å². The highest BCUT2D eigenvalue weighted by atomic mass is 16.5. The third-order valence-electron chi connectivity index (χ3n) is 15.3. The first-order valence-electron chi connectivity index (χ1n) is 22.2. The first-order valence-corrected chi connectivity index (χ1v) is 22.2. The molecule has 0 radical (unpaired) electrons. The van der Waals surface area contributed by atoms with Crippen molar-refractivity contribution in [2.24, 2.45) is 5.41 Å². The van der Waals surface area contributed by atoms with Gasteiger partial charge in [-0.3, -0.25) is 24.5 Å². The van der Waals surface area contributed by atoms with Gasteiger partial charge in [0.05, 0.1) is 29.8 Å². The number of aromatic nitrogens is 1. The summed E-state index contributed by atoms with van der Waals surface area (Å²) in [5.74, 6) is -0.0348. The predicted molar refractivity (Wildman–Crippen MR) is 228 cm³/mol. The number of ketones is 1. The first kappa shape index (κ1) is 38.7. The lowest BCUT2D eigenvalue weighted by Crippen LogP contribution is -2.52. The van der Waals surface area contributed by atoms with Gasteiger partial charge in [-0.2, -0.15) is 5.26 Å². The summed E-state index contributed by atoms with van der Waals surface area (Å²) in [6.45, 7) is 11.2. The molecule has 60 heavy (non-hydrogen) atoms. The molecule has 3 amide bonds. The maximum Gasteiger partial charge on any atom is 0.255 e. The molecule has 1 atom stereocenters. The molecule has 11 nitrogen and oxygen atoms in total. The van der Waals surface area contributed by atoms with Gasteiger partial charge in [0, 0.05) is 69.9 Å². The van der Waals surface area contributed by atoms with Crippen LogP contribution in [0.25, 0.3) is 10.9 Å². The molecule has 3 aromatic carbocycles. The number of nitriles is 1. The van der Waals surface area contributed by atoms with Gasteiger partial charge < -0.3 is 24.4 Å². The van der Waals surface area contributed by atoms with E-state index in [0.29, 0.717) is 35.5 Å². The fourth-order valence-corrected chi connectivity index (χ4v) is 11.7. The quantitative estimate of drug-likeness (QED) is 0.194. The van der Waals surface area contributed by atoms with Crippen molar-refractivity contribution in [1.82, 2.24) is 20.1 Å². The van der Waals surface area contributed by atoms with E-state index in [-0.39, 0.29) is 30.1 Å². The minimum absolute atomic E-state index is 0.0660. The molecule has 1 aromatic heterocycles. The normalized spacial score (nSPS) is 23.1. The van der Waals surface area contributed by atoms with Crippen molar-refractivity contribution >= 4 is 40.1 Å². The number of ether oxygens (including phenoxy) is 1. The minimum Gasteiger partial charge on any atom is -0.490 e. The van der Waals surface area contributed by atoms with Crippen molar-refractivity contribution in [2.45, 2.75) is 122 Å². The van der Waals surface area contributed by atoms with E-state index in [2.05, 4.69) is 59.1 Å². The van der Waals surface area contributed by atoms with Crippen LogP contribution in [-0.2, 0) is 28.0 Å². The molecule has 4 aromatic rings. The summed E-state index contributed by atoms with van der Waals surface area (Å²) >= 11 is 0. The summed E-state index contributed by atoms with van der Waals surface area (Å²) in [7, 11) is 0. The van der Waals surface area contributed by atoms with Crippen molar-refractivity contribution in [3.05, 3.63) is 93.2 Å². The van der Waals surface area contributed by atoms with Gasteiger partial charge >= 0.3 is 0 Å². The highest BCUT2D eigenvalue weighted by Gasteiger charge is 2.44. The number of carbonyl (C=O) groups excluding carboxylic acids is 4. The molecular weight excluding hydrogens is 753 g/mol. The number of amides is 3. The number of H-pyrrole nitrogens is 1. The van der Waals surface area contributed by atoms with Crippen LogP contribution in [-0.4, -0.2) is 82.7 Å². The molecule has 4 fully saturated rings. The van der Waals surface area contributed by atoms with E-state index in [1.165, 1.54) is 24.1 Å². The van der Waals surface area contributed by atoms with Crippen LogP contribution in [0.1, 0.15) is 139 Å². The van der Waals surface area contributed by atoms with Gasteiger partial charge in [-0.25, -0.2) is 0 Å². The SMILES string of the molecule is CCc1cc2c(cc1N1CCC(N3CCC4(CCC(Oc5cccc6c5CN(C5CCC(=O)NC5=O)C6=O)CC4)CC3)CC1)C(C)(C)c1[nH]c3cc(C#N)ccc3c1C2=O. The molecule has 2 N–H and O–H groups in total. The Kier molecular flexibility index (Phi) is 9.43. The molecule has 6 aliphatic rings. The fourth-order valence-electron chi connectivity index (χ4n) is 11.7. The average Bonchev–Trinajstić information content (AvgIpc) is 3.82. The summed E-state index contributed by atoms with van der Waals surface area (Å²) in [6, 6.07) is 17.9. The van der Waals surface area contributed by atoms with Crippen LogP contribution in [0.4, 0.5) is 5.69 Å². The van der Waals surface area contributed by atoms with Crippen LogP contribution in [0, 0.1) is 16.7 Å². The zero-order valence-corrected chi connectivity index (χ0v) is 35.0. The lowest BCUT2D eigenvalue weighted by molar-refractivity contribution is -0.136. The van der Waals surface area contributed by atoms with E-state index in [4.69, 9.17) is 4.74 Å². The molecule has 10 rings (SSSR count). The molecule has 4 aliphatic heterocycles. The molecule has 3 saturated heterocycles. The van der Waals surface area contributed by atoms with Gasteiger partial charge in [0.15, 0.2) is 5.78 Å². The number of nitrogens with zero attached hydrogens (tertiary/aromatic N) is 4. The summed E-state index contributed by atoms with van der Waals surface area (Å²) in [4.78, 5) is 62.3. The van der Waals surface area contributed by atoms with Crippen molar-refractivity contribution in [2.75, 3.05) is 31.1 Å². The molecule has 310 valence electrons. The number of aryl methyl sites for hydroxylation is 1. The van der Waals surface area contributed by atoms with Gasteiger partial charge in [0.1, 0.15) is 11.8 Å². The predicted octanol–water partition coefficient (Wildman–Crippen LogP) is 7.31. The van der Waals surface area contributed by atoms with E-state index in [0.717, 1.165) is 116 Å². The van der Waals surface area contributed by atoms with Gasteiger partial charge in [-0.15, -0.1) is 0 Å². The Hall–Kier alpha value is -5.47. The third-order valence-corrected chi connectivity index (χ3v) is 15.3. The summed E-state index contributed by atoms with van der Waals surface area (Å²) < 4.78 is 6.65. The van der Waals surface area contributed by atoms with Gasteiger partial charge in [0.25, 0.3) is 5.91 Å². The number of aromatic amines is 1. The van der Waals surface area contributed by atoms with Crippen LogP contribution < -0.4 is 15.0 Å². The number of nitrogens with one attached hydrogen (secondary N) is 2. The van der Waals surface area contributed by atoms with E-state index in [1.807, 2.05) is 30.3 Å². The second kappa shape index (κ2) is 14.6. The maximum absolute atomic E-state index is 14.2. The standard InChI is InChI=1S/C49H54N6O5/c1-4-30-25-35-37(48(2,3)45-43(44(35)57)34-9-8-29(27-50)24-38(34)51-45)26-40(30)54-20-14-31(15-21-54)53-22-18-49(19-23-53)16-12-32(13-17-49)60-41-7-5-6-33-36(41)28-55(47(33)59)39-10-11-42(56)52-46(39)58/h5-9,24-26,31-32,39,51H,4,10-23,28H2,1-3H3,(H,52,56,58). The molecular formula is C49H54N6O5. The van der Waals surface area contributed by atoms with Crippen molar-refractivity contribution in [3.8, 4) is 11.8 Å². The molecule has 11 heteroatoms. The van der Waals surface area contributed by atoms with Crippen LogP contribution in [0.3, 0.4) is 0 Å². The Bertz CT molecular complexity index is 2490. The Morgan fingerprint density at radius 2 is 1.65 bits per heavy atom. The van der Waals surface area contributed by atoms with E-state index >= 15 is 0 Å². The highest BCUT2D eigenvalue weighted by molar-refractivity contribution is 6.20. The Morgan fingerprint density at radius 3 is 2.37 bits per heavy atom. The number of likely N-dealkylation sites (tertiary alicyclic amines) is 1. The van der Waals surface area contributed by atoms with Crippen molar-refractivity contribution in [1.29, 1.82) is 5.26 Å². The lowest BCUT2D eigenvalue weighted by Gasteiger charge is -2.49. The van der Waals surface area contributed by atoms with Crippen LogP contribution >= 0.6 is 0 Å². The topological polar surface area (TPSA) is 139 Å². The average molecular weight is 807 g/mol. The highest BCUT2D eigenvalue weighted by Crippen LogP contribution is 2.48. The molecule has 2 aliphatic carbocycles. The number of carbonyl (C=O) groups is 4. The van der Waals surface area contributed by atoms with Crippen LogP contribution in [0.2, 0.25) is 0 Å². The van der Waals surface area contributed by atoms with Crippen LogP contribution in [0.5, 0.6) is 5.75 Å². The largest absolute Gasteiger partial charge is 0.490 e. The summed E-state index contributed by atoms with van der Waals surface area (Å²) in [5.41, 5.74) is 8.86. The minimum atomic E-state index is -0.634. The number of imide groups is 1. The lowest BCUT2D eigenvalue weighted by atomic mass is 9.67. The van der Waals surface area contributed by atoms with E-state index in [9.17, 15) is 24.4 Å². The zero-order valence-electron chi connectivity index (χ0n) is 35.0.